The molecule has 0 aliphatic carbocycles. The highest BCUT2D eigenvalue weighted by Gasteiger charge is 2.07. The number of hydrogen-bond donors (Lipinski definition) is 0. The van der Waals surface area contributed by atoms with E-state index >= 15 is 0 Å². The van der Waals surface area contributed by atoms with E-state index in [1.54, 1.807) is 12.1 Å². The molecule has 4 nitrogen and oxygen atoms in total. The maximum atomic E-state index is 12.6. The molecule has 3 aromatic rings. The highest BCUT2D eigenvalue weighted by Crippen LogP contribution is 2.14. The van der Waals surface area contributed by atoms with E-state index in [4.69, 9.17) is 16.4 Å². The molecule has 0 radical (unpaired) electrons. The molecule has 0 aliphatic rings. The SMILES string of the molecule is C/C(=N/OCc1cccc(C(=O)N=S(C)c2ccc(C)cc2)c1)c1ccc(Cl)cc1. The number of carbonyl (C=O) groups is 1. The van der Waals surface area contributed by atoms with Crippen molar-refractivity contribution in [2.24, 2.45) is 9.52 Å². The van der Waals surface area contributed by atoms with Gasteiger partial charge in [-0.05, 0) is 67.6 Å². The molecule has 0 bridgehead atoms. The van der Waals surface area contributed by atoms with Gasteiger partial charge in [-0.1, -0.05) is 69.4 Å². The van der Waals surface area contributed by atoms with Crippen LogP contribution in [-0.2, 0) is 22.1 Å². The quantitative estimate of drug-likeness (QED) is 0.339. The number of amides is 1. The standard InChI is InChI=1S/C24H23ClN2O2S/c1-17-7-13-23(14-8-17)30(3)27-24(28)21-6-4-5-19(15-21)16-29-26-18(2)20-9-11-22(25)12-10-20/h4-15H,16H2,1-3H3/b26-18-. The van der Waals surface area contributed by atoms with Gasteiger partial charge in [-0.3, -0.25) is 4.79 Å². The summed E-state index contributed by atoms with van der Waals surface area (Å²) < 4.78 is 4.35. The molecule has 3 rings (SSSR count). The van der Waals surface area contributed by atoms with Crippen LogP contribution in [-0.4, -0.2) is 17.9 Å². The molecule has 0 saturated carbocycles. The summed E-state index contributed by atoms with van der Waals surface area (Å²) in [7, 11) is -0.500. The van der Waals surface area contributed by atoms with Crippen LogP contribution < -0.4 is 0 Å². The van der Waals surface area contributed by atoms with Crippen LogP contribution in [0.3, 0.4) is 0 Å². The Hall–Kier alpha value is -2.76. The molecule has 30 heavy (non-hydrogen) atoms. The summed E-state index contributed by atoms with van der Waals surface area (Å²) in [5, 5.41) is 4.83. The average Bonchev–Trinajstić information content (AvgIpc) is 2.74. The second-order valence-electron chi connectivity index (χ2n) is 6.84. The first-order valence-electron chi connectivity index (χ1n) is 9.42. The molecule has 0 saturated heterocycles. The van der Waals surface area contributed by atoms with Gasteiger partial charge in [-0.25, -0.2) is 0 Å². The Morgan fingerprint density at radius 2 is 1.70 bits per heavy atom. The molecule has 0 N–H and O–H groups in total. The second kappa shape index (κ2) is 10.3. The van der Waals surface area contributed by atoms with Gasteiger partial charge >= 0.3 is 0 Å². The minimum atomic E-state index is -0.500. The maximum absolute atomic E-state index is 12.6. The summed E-state index contributed by atoms with van der Waals surface area (Å²) >= 11 is 5.91. The molecule has 6 heteroatoms. The van der Waals surface area contributed by atoms with Crippen molar-refractivity contribution < 1.29 is 9.63 Å². The molecular weight excluding hydrogens is 416 g/mol. The van der Waals surface area contributed by atoms with Crippen LogP contribution in [0.25, 0.3) is 0 Å². The van der Waals surface area contributed by atoms with Crippen molar-refractivity contribution in [3.63, 3.8) is 0 Å². The number of rotatable bonds is 6. The number of halogens is 1. The van der Waals surface area contributed by atoms with Gasteiger partial charge in [-0.2, -0.15) is 4.36 Å². The molecule has 3 aromatic carbocycles. The monoisotopic (exact) mass is 438 g/mol. The number of oxime groups is 1. The first-order chi connectivity index (χ1) is 14.4. The zero-order chi connectivity index (χ0) is 21.5. The Bertz CT molecular complexity index is 1090. The second-order valence-corrected chi connectivity index (χ2v) is 8.89. The van der Waals surface area contributed by atoms with Crippen LogP contribution in [0.2, 0.25) is 5.02 Å². The summed E-state index contributed by atoms with van der Waals surface area (Å²) in [4.78, 5) is 19.1. The topological polar surface area (TPSA) is 51.0 Å². The van der Waals surface area contributed by atoms with Crippen molar-refractivity contribution in [3.8, 4) is 0 Å². The average molecular weight is 439 g/mol. The predicted octanol–water partition coefficient (Wildman–Crippen LogP) is 6.22. The van der Waals surface area contributed by atoms with Crippen LogP contribution >= 0.6 is 11.6 Å². The van der Waals surface area contributed by atoms with E-state index in [1.165, 1.54) is 5.56 Å². The first-order valence-corrected chi connectivity index (χ1v) is 11.4. The molecule has 154 valence electrons. The van der Waals surface area contributed by atoms with E-state index in [9.17, 15) is 4.79 Å². The number of carbonyl (C=O) groups excluding carboxylic acids is 1. The molecule has 0 spiro atoms. The third kappa shape index (κ3) is 6.12. The fraction of sp³-hybridized carbons (Fsp3) is 0.167. The van der Waals surface area contributed by atoms with Crippen molar-refractivity contribution in [1.82, 2.24) is 0 Å². The predicted molar refractivity (Wildman–Crippen MR) is 124 cm³/mol. The minimum Gasteiger partial charge on any atom is -0.391 e. The van der Waals surface area contributed by atoms with E-state index in [0.717, 1.165) is 21.7 Å². The lowest BCUT2D eigenvalue weighted by atomic mass is 10.1. The van der Waals surface area contributed by atoms with Gasteiger partial charge in [0.25, 0.3) is 5.91 Å². The third-order valence-electron chi connectivity index (χ3n) is 4.45. The van der Waals surface area contributed by atoms with Crippen molar-refractivity contribution in [3.05, 3.63) is 100 Å². The Morgan fingerprint density at radius 1 is 1.00 bits per heavy atom. The van der Waals surface area contributed by atoms with Crippen molar-refractivity contribution in [2.75, 3.05) is 6.26 Å². The zero-order valence-electron chi connectivity index (χ0n) is 17.1. The van der Waals surface area contributed by atoms with Gasteiger partial charge in [0, 0.05) is 15.5 Å². The van der Waals surface area contributed by atoms with Gasteiger partial charge in [0.2, 0.25) is 0 Å². The Balaban J connectivity index is 1.66. The van der Waals surface area contributed by atoms with Gasteiger partial charge < -0.3 is 4.84 Å². The van der Waals surface area contributed by atoms with Crippen molar-refractivity contribution in [2.45, 2.75) is 25.3 Å². The summed E-state index contributed by atoms with van der Waals surface area (Å²) in [5.41, 5.74) is 4.27. The van der Waals surface area contributed by atoms with Crippen molar-refractivity contribution in [1.29, 1.82) is 0 Å². The van der Waals surface area contributed by atoms with Crippen LogP contribution in [0.1, 0.15) is 34.0 Å². The lowest BCUT2D eigenvalue weighted by molar-refractivity contribution is 0.100. The molecule has 0 fully saturated rings. The summed E-state index contributed by atoms with van der Waals surface area (Å²) in [6, 6.07) is 22.8. The summed E-state index contributed by atoms with van der Waals surface area (Å²) in [6.45, 7) is 4.17. The lowest BCUT2D eigenvalue weighted by Gasteiger charge is -2.05. The number of benzene rings is 3. The van der Waals surface area contributed by atoms with E-state index in [-0.39, 0.29) is 12.5 Å². The minimum absolute atomic E-state index is 0.232. The molecule has 1 unspecified atom stereocenters. The van der Waals surface area contributed by atoms with E-state index in [2.05, 4.69) is 9.52 Å². The fourth-order valence-corrected chi connectivity index (χ4v) is 3.82. The molecule has 0 aromatic heterocycles. The molecule has 0 aliphatic heterocycles. The molecule has 1 atom stereocenters. The third-order valence-corrected chi connectivity index (χ3v) is 6.10. The van der Waals surface area contributed by atoms with Gasteiger partial charge in [0.1, 0.15) is 6.61 Å². The van der Waals surface area contributed by atoms with Gasteiger partial charge in [-0.15, -0.1) is 0 Å². The van der Waals surface area contributed by atoms with E-state index in [0.29, 0.717) is 10.6 Å². The Kier molecular flexibility index (Phi) is 7.55. The van der Waals surface area contributed by atoms with Crippen LogP contribution in [0.4, 0.5) is 0 Å². The fourth-order valence-electron chi connectivity index (χ4n) is 2.71. The van der Waals surface area contributed by atoms with Crippen LogP contribution in [0.15, 0.2) is 87.2 Å². The van der Waals surface area contributed by atoms with E-state index < -0.39 is 10.7 Å². The molecule has 0 heterocycles. The molecule has 1 amide bonds. The normalized spacial score (nSPS) is 12.6. The first kappa shape index (κ1) is 21.9. The van der Waals surface area contributed by atoms with Crippen LogP contribution in [0.5, 0.6) is 0 Å². The highest BCUT2D eigenvalue weighted by atomic mass is 35.5. The number of hydrogen-bond acceptors (Lipinski definition) is 3. The lowest BCUT2D eigenvalue weighted by Crippen LogP contribution is -2.00. The smallest absolute Gasteiger partial charge is 0.283 e. The van der Waals surface area contributed by atoms with Crippen LogP contribution in [0, 0.1) is 6.92 Å². The van der Waals surface area contributed by atoms with Gasteiger partial charge in [0.05, 0.1) is 5.71 Å². The van der Waals surface area contributed by atoms with Gasteiger partial charge in [0.15, 0.2) is 0 Å². The largest absolute Gasteiger partial charge is 0.391 e. The summed E-state index contributed by atoms with van der Waals surface area (Å²) in [5.74, 6) is -0.232. The molecular formula is C24H23ClN2O2S. The van der Waals surface area contributed by atoms with Crippen molar-refractivity contribution >= 4 is 33.9 Å². The zero-order valence-corrected chi connectivity index (χ0v) is 18.7. The van der Waals surface area contributed by atoms with E-state index in [1.807, 2.05) is 80.8 Å². The number of aryl methyl sites for hydroxylation is 1. The number of nitrogens with zero attached hydrogens (tertiary/aromatic N) is 2. The Morgan fingerprint density at radius 3 is 2.40 bits per heavy atom. The highest BCUT2D eigenvalue weighted by molar-refractivity contribution is 7.87. The maximum Gasteiger partial charge on any atom is 0.283 e. The summed E-state index contributed by atoms with van der Waals surface area (Å²) in [6.07, 6.45) is 1.95. The Labute approximate surface area is 184 Å².